The van der Waals surface area contributed by atoms with E-state index < -0.39 is 0 Å². The van der Waals surface area contributed by atoms with E-state index in [2.05, 4.69) is 37.4 Å². The van der Waals surface area contributed by atoms with Gasteiger partial charge in [-0.05, 0) is 62.4 Å². The molecule has 0 saturated heterocycles. The van der Waals surface area contributed by atoms with Gasteiger partial charge in [-0.2, -0.15) is 5.10 Å². The van der Waals surface area contributed by atoms with Crippen LogP contribution in [-0.2, 0) is 0 Å². The third kappa shape index (κ3) is 4.26. The van der Waals surface area contributed by atoms with Gasteiger partial charge in [-0.15, -0.1) is 0 Å². The first-order chi connectivity index (χ1) is 8.33. The van der Waals surface area contributed by atoms with Gasteiger partial charge in [0.15, 0.2) is 5.11 Å². The molecule has 0 aromatic carbocycles. The highest BCUT2D eigenvalue weighted by atomic mass is 32.1. The normalized spacial score (nSPS) is 20.3. The number of hydrogen-bond acceptors (Lipinski definition) is 2. The molecule has 0 atom stereocenters. The highest BCUT2D eigenvalue weighted by molar-refractivity contribution is 7.80. The first-order valence-electron chi connectivity index (χ1n) is 6.31. The SMILES string of the molecule is CC(C=CC1=C(C)CCCC1(C)C)=NNC(N)=S. The van der Waals surface area contributed by atoms with Crippen molar-refractivity contribution < 1.29 is 0 Å². The summed E-state index contributed by atoms with van der Waals surface area (Å²) in [4.78, 5) is 0. The Morgan fingerprint density at radius 1 is 1.50 bits per heavy atom. The van der Waals surface area contributed by atoms with Crippen LogP contribution < -0.4 is 11.2 Å². The number of thiocarbonyl (C=S) groups is 1. The molecule has 1 aliphatic carbocycles. The predicted octanol–water partition coefficient (Wildman–Crippen LogP) is 3.28. The standard InChI is InChI=1S/C14H23N3S/c1-10-6-5-9-14(3,4)12(10)8-7-11(2)16-17-13(15)18/h7-8H,5-6,9H2,1-4H3,(H3,15,17,18). The van der Waals surface area contributed by atoms with Crippen molar-refractivity contribution in [2.45, 2.75) is 47.0 Å². The average molecular weight is 265 g/mol. The van der Waals surface area contributed by atoms with Gasteiger partial charge >= 0.3 is 0 Å². The van der Waals surface area contributed by atoms with Crippen molar-refractivity contribution in [2.75, 3.05) is 0 Å². The molecule has 0 radical (unpaired) electrons. The van der Waals surface area contributed by atoms with E-state index in [0.717, 1.165) is 5.71 Å². The lowest BCUT2D eigenvalue weighted by Crippen LogP contribution is -2.24. The fourth-order valence-electron chi connectivity index (χ4n) is 2.39. The number of nitrogens with zero attached hydrogens (tertiary/aromatic N) is 1. The molecule has 0 spiro atoms. The van der Waals surface area contributed by atoms with Crippen LogP contribution in [0.25, 0.3) is 0 Å². The second kappa shape index (κ2) is 6.14. The van der Waals surface area contributed by atoms with E-state index in [-0.39, 0.29) is 10.5 Å². The smallest absolute Gasteiger partial charge is 0.184 e. The molecule has 0 aromatic rings. The Kier molecular flexibility index (Phi) is 5.08. The Morgan fingerprint density at radius 2 is 2.17 bits per heavy atom. The summed E-state index contributed by atoms with van der Waals surface area (Å²) in [6.07, 6.45) is 7.91. The summed E-state index contributed by atoms with van der Waals surface area (Å²) in [6, 6.07) is 0. The Balaban J connectivity index is 2.82. The van der Waals surface area contributed by atoms with Crippen molar-refractivity contribution in [3.63, 3.8) is 0 Å². The van der Waals surface area contributed by atoms with E-state index in [9.17, 15) is 0 Å². The zero-order valence-corrected chi connectivity index (χ0v) is 12.5. The van der Waals surface area contributed by atoms with Gasteiger partial charge in [-0.1, -0.05) is 25.5 Å². The molecule has 0 unspecified atom stereocenters. The van der Waals surface area contributed by atoms with Gasteiger partial charge < -0.3 is 5.73 Å². The zero-order chi connectivity index (χ0) is 13.8. The molecular weight excluding hydrogens is 242 g/mol. The molecule has 1 rings (SSSR count). The minimum absolute atomic E-state index is 0.191. The Morgan fingerprint density at radius 3 is 2.72 bits per heavy atom. The van der Waals surface area contributed by atoms with E-state index in [1.54, 1.807) is 0 Å². The van der Waals surface area contributed by atoms with Crippen LogP contribution in [0.4, 0.5) is 0 Å². The van der Waals surface area contributed by atoms with Crippen LogP contribution in [0, 0.1) is 5.41 Å². The molecule has 0 fully saturated rings. The molecule has 0 amide bonds. The number of allylic oxidation sites excluding steroid dienone is 4. The van der Waals surface area contributed by atoms with Gasteiger partial charge in [0.1, 0.15) is 0 Å². The Bertz CT molecular complexity index is 417. The van der Waals surface area contributed by atoms with E-state index in [0.29, 0.717) is 0 Å². The lowest BCUT2D eigenvalue weighted by atomic mass is 9.72. The van der Waals surface area contributed by atoms with Gasteiger partial charge in [0.2, 0.25) is 0 Å². The third-order valence-corrected chi connectivity index (χ3v) is 3.47. The Labute approximate surface area is 115 Å². The molecule has 3 nitrogen and oxygen atoms in total. The number of hydrogen-bond donors (Lipinski definition) is 2. The van der Waals surface area contributed by atoms with Crippen LogP contribution in [0.2, 0.25) is 0 Å². The topological polar surface area (TPSA) is 50.4 Å². The molecule has 18 heavy (non-hydrogen) atoms. The largest absolute Gasteiger partial charge is 0.375 e. The minimum Gasteiger partial charge on any atom is -0.375 e. The maximum Gasteiger partial charge on any atom is 0.184 e. The molecule has 3 N–H and O–H groups in total. The molecular formula is C14H23N3S. The summed E-state index contributed by atoms with van der Waals surface area (Å²) in [6.45, 7) is 8.75. The monoisotopic (exact) mass is 265 g/mol. The molecule has 4 heteroatoms. The van der Waals surface area contributed by atoms with Gasteiger partial charge in [-0.25, -0.2) is 0 Å². The van der Waals surface area contributed by atoms with Crippen LogP contribution in [0.3, 0.4) is 0 Å². The van der Waals surface area contributed by atoms with E-state index in [1.807, 2.05) is 13.0 Å². The highest BCUT2D eigenvalue weighted by Gasteiger charge is 2.26. The van der Waals surface area contributed by atoms with Crippen molar-refractivity contribution in [3.05, 3.63) is 23.3 Å². The van der Waals surface area contributed by atoms with Gasteiger partial charge in [0, 0.05) is 0 Å². The molecule has 0 bridgehead atoms. The summed E-state index contributed by atoms with van der Waals surface area (Å²) < 4.78 is 0. The van der Waals surface area contributed by atoms with E-state index in [4.69, 9.17) is 18.0 Å². The van der Waals surface area contributed by atoms with Crippen molar-refractivity contribution >= 4 is 23.0 Å². The van der Waals surface area contributed by atoms with E-state index in [1.165, 1.54) is 30.4 Å². The molecule has 0 aliphatic heterocycles. The number of nitrogens with one attached hydrogen (secondary N) is 1. The van der Waals surface area contributed by atoms with Crippen molar-refractivity contribution in [1.29, 1.82) is 0 Å². The second-order valence-corrected chi connectivity index (χ2v) is 5.93. The number of hydrazone groups is 1. The first kappa shape index (κ1) is 14.9. The lowest BCUT2D eigenvalue weighted by molar-refractivity contribution is 0.377. The molecule has 0 saturated carbocycles. The zero-order valence-electron chi connectivity index (χ0n) is 11.7. The first-order valence-corrected chi connectivity index (χ1v) is 6.72. The number of rotatable bonds is 3. The summed E-state index contributed by atoms with van der Waals surface area (Å²) in [5.41, 5.74) is 12.0. The summed E-state index contributed by atoms with van der Waals surface area (Å²) >= 11 is 4.70. The maximum atomic E-state index is 5.32. The second-order valence-electron chi connectivity index (χ2n) is 5.49. The summed E-state index contributed by atoms with van der Waals surface area (Å²) in [5.74, 6) is 0. The van der Waals surface area contributed by atoms with Crippen molar-refractivity contribution in [2.24, 2.45) is 16.3 Å². The fraction of sp³-hybridized carbons (Fsp3) is 0.571. The molecule has 1 aliphatic rings. The quantitative estimate of drug-likeness (QED) is 0.468. The van der Waals surface area contributed by atoms with Crippen LogP contribution in [0.5, 0.6) is 0 Å². The summed E-state index contributed by atoms with van der Waals surface area (Å²) in [5, 5.41) is 4.26. The minimum atomic E-state index is 0.191. The summed E-state index contributed by atoms with van der Waals surface area (Å²) in [7, 11) is 0. The average Bonchev–Trinajstić information content (AvgIpc) is 2.24. The molecule has 0 heterocycles. The third-order valence-electron chi connectivity index (χ3n) is 3.38. The Hall–Kier alpha value is -1.16. The molecule has 100 valence electrons. The molecule has 0 aromatic heterocycles. The van der Waals surface area contributed by atoms with Gasteiger partial charge in [0.25, 0.3) is 0 Å². The number of nitrogens with two attached hydrogens (primary N) is 1. The van der Waals surface area contributed by atoms with Crippen LogP contribution >= 0.6 is 12.2 Å². The van der Waals surface area contributed by atoms with Gasteiger partial charge in [-0.3, -0.25) is 5.43 Å². The van der Waals surface area contributed by atoms with E-state index >= 15 is 0 Å². The van der Waals surface area contributed by atoms with Crippen LogP contribution in [0.15, 0.2) is 28.4 Å². The van der Waals surface area contributed by atoms with Crippen LogP contribution in [-0.4, -0.2) is 10.8 Å². The van der Waals surface area contributed by atoms with Gasteiger partial charge in [0.05, 0.1) is 5.71 Å². The fourth-order valence-corrected chi connectivity index (χ4v) is 2.44. The maximum absolute atomic E-state index is 5.32. The highest BCUT2D eigenvalue weighted by Crippen LogP contribution is 2.40. The van der Waals surface area contributed by atoms with Crippen molar-refractivity contribution in [3.8, 4) is 0 Å². The van der Waals surface area contributed by atoms with Crippen LogP contribution in [0.1, 0.15) is 47.0 Å². The predicted molar refractivity (Wildman–Crippen MR) is 82.5 cm³/mol. The van der Waals surface area contributed by atoms with Crippen molar-refractivity contribution in [1.82, 2.24) is 5.43 Å². The lowest BCUT2D eigenvalue weighted by Gasteiger charge is -2.32.